The summed E-state index contributed by atoms with van der Waals surface area (Å²) < 4.78 is 24.7. The maximum Gasteiger partial charge on any atom is 0.296 e. The summed E-state index contributed by atoms with van der Waals surface area (Å²) in [6.07, 6.45) is 7.87. The lowest BCUT2D eigenvalue weighted by Crippen LogP contribution is -2.13. The summed E-state index contributed by atoms with van der Waals surface area (Å²) in [7, 11) is 1.59. The van der Waals surface area contributed by atoms with Crippen molar-refractivity contribution in [2.45, 2.75) is 77.4 Å². The van der Waals surface area contributed by atoms with Gasteiger partial charge in [-0.25, -0.2) is 8.42 Å². The second kappa shape index (κ2) is 8.73. The van der Waals surface area contributed by atoms with E-state index in [-0.39, 0.29) is 5.16 Å². The molecule has 1 aromatic heterocycles. The van der Waals surface area contributed by atoms with E-state index in [0.717, 1.165) is 25.1 Å². The molecule has 0 amide bonds. The van der Waals surface area contributed by atoms with Crippen molar-refractivity contribution in [1.29, 1.82) is 0 Å². The first-order chi connectivity index (χ1) is 9.86. The first-order valence-corrected chi connectivity index (χ1v) is 10.0. The Balaban J connectivity index is 2.67. The highest BCUT2D eigenvalue weighted by Crippen LogP contribution is 2.18. The second-order valence-corrected chi connectivity index (χ2v) is 8.32. The summed E-state index contributed by atoms with van der Waals surface area (Å²) >= 11 is 0. The van der Waals surface area contributed by atoms with Gasteiger partial charge in [-0.05, 0) is 12.3 Å². The Hall–Kier alpha value is -0.620. The first kappa shape index (κ1) is 18.4. The van der Waals surface area contributed by atoms with Crippen LogP contribution in [0.1, 0.15) is 65.1 Å². The summed E-state index contributed by atoms with van der Waals surface area (Å²) in [5, 5.41) is 7.65. The molecule has 1 heterocycles. The zero-order chi connectivity index (χ0) is 15.9. The Morgan fingerprint density at radius 3 is 2.29 bits per heavy atom. The molecule has 0 fully saturated rings. The minimum Gasteiger partial charge on any atom is -0.301 e. The van der Waals surface area contributed by atoms with Gasteiger partial charge in [-0.3, -0.25) is 0 Å². The molecule has 0 unspecified atom stereocenters. The normalized spacial score (nSPS) is 12.2. The number of halogens is 1. The Kier molecular flexibility index (Phi) is 7.66. The highest BCUT2D eigenvalue weighted by atomic mass is 35.7. The van der Waals surface area contributed by atoms with Crippen LogP contribution in [0.4, 0.5) is 0 Å². The number of hydrogen-bond acceptors (Lipinski definition) is 4. The van der Waals surface area contributed by atoms with Gasteiger partial charge in [-0.15, -0.1) is 10.2 Å². The topological polar surface area (TPSA) is 64.8 Å². The second-order valence-electron chi connectivity index (χ2n) is 5.86. The molecule has 0 aliphatic heterocycles. The lowest BCUT2D eigenvalue weighted by Gasteiger charge is -2.11. The van der Waals surface area contributed by atoms with Gasteiger partial charge in [0.05, 0.1) is 0 Å². The maximum atomic E-state index is 11.5. The molecule has 1 rings (SSSR count). The van der Waals surface area contributed by atoms with Gasteiger partial charge in [0.25, 0.3) is 14.2 Å². The average Bonchev–Trinajstić information content (AvgIpc) is 2.76. The van der Waals surface area contributed by atoms with Gasteiger partial charge in [0, 0.05) is 23.6 Å². The van der Waals surface area contributed by atoms with Crippen molar-refractivity contribution in [3.8, 4) is 0 Å². The molecule has 7 heteroatoms. The largest absolute Gasteiger partial charge is 0.301 e. The summed E-state index contributed by atoms with van der Waals surface area (Å²) in [5.41, 5.74) is 0. The molecule has 0 saturated carbocycles. The lowest BCUT2D eigenvalue weighted by atomic mass is 10.1. The molecule has 0 aromatic carbocycles. The Morgan fingerprint density at radius 1 is 1.10 bits per heavy atom. The van der Waals surface area contributed by atoms with Gasteiger partial charge >= 0.3 is 0 Å². The number of aromatic nitrogens is 3. The van der Waals surface area contributed by atoms with Crippen LogP contribution in [-0.4, -0.2) is 23.2 Å². The highest BCUT2D eigenvalue weighted by Gasteiger charge is 2.22. The van der Waals surface area contributed by atoms with Crippen LogP contribution >= 0.6 is 10.7 Å². The number of aryl methyl sites for hydroxylation is 1. The van der Waals surface area contributed by atoms with Gasteiger partial charge in [0.15, 0.2) is 0 Å². The lowest BCUT2D eigenvalue weighted by molar-refractivity contribution is 0.467. The van der Waals surface area contributed by atoms with Crippen LogP contribution in [0.25, 0.3) is 0 Å². The van der Waals surface area contributed by atoms with Gasteiger partial charge in [-0.2, -0.15) is 0 Å². The zero-order valence-electron chi connectivity index (χ0n) is 13.2. The predicted molar refractivity (Wildman–Crippen MR) is 85.0 cm³/mol. The molecule has 0 radical (unpaired) electrons. The molecule has 0 aliphatic carbocycles. The van der Waals surface area contributed by atoms with Crippen molar-refractivity contribution < 1.29 is 8.42 Å². The van der Waals surface area contributed by atoms with Gasteiger partial charge < -0.3 is 4.57 Å². The Labute approximate surface area is 132 Å². The standard InChI is InChI=1S/C14H26ClN3O2S/c1-4-5-6-7-8-9-10-13-16-17-14(21(15,19)20)18(13)11-12(2)3/h12H,4-11H2,1-3H3. The molecule has 5 nitrogen and oxygen atoms in total. The minimum absolute atomic E-state index is 0.126. The Bertz CT molecular complexity index is 526. The molecule has 0 bridgehead atoms. The minimum atomic E-state index is -3.84. The third-order valence-electron chi connectivity index (χ3n) is 3.31. The highest BCUT2D eigenvalue weighted by molar-refractivity contribution is 8.13. The smallest absolute Gasteiger partial charge is 0.296 e. The van der Waals surface area contributed by atoms with E-state index in [2.05, 4.69) is 17.1 Å². The van der Waals surface area contributed by atoms with Crippen molar-refractivity contribution in [3.05, 3.63) is 5.82 Å². The van der Waals surface area contributed by atoms with Crippen molar-refractivity contribution in [2.24, 2.45) is 5.92 Å². The summed E-state index contributed by atoms with van der Waals surface area (Å²) in [6.45, 7) is 6.82. The first-order valence-electron chi connectivity index (χ1n) is 7.73. The number of nitrogens with zero attached hydrogens (tertiary/aromatic N) is 3. The van der Waals surface area contributed by atoms with E-state index < -0.39 is 9.05 Å². The summed E-state index contributed by atoms with van der Waals surface area (Å²) in [4.78, 5) is 0. The fraction of sp³-hybridized carbons (Fsp3) is 0.857. The van der Waals surface area contributed by atoms with Crippen LogP contribution in [0, 0.1) is 5.92 Å². The van der Waals surface area contributed by atoms with E-state index in [1.807, 2.05) is 13.8 Å². The SMILES string of the molecule is CCCCCCCCc1nnc(S(=O)(=O)Cl)n1CC(C)C. The molecule has 0 aliphatic rings. The fourth-order valence-electron chi connectivity index (χ4n) is 2.30. The quantitative estimate of drug-likeness (QED) is 0.482. The monoisotopic (exact) mass is 335 g/mol. The summed E-state index contributed by atoms with van der Waals surface area (Å²) in [6, 6.07) is 0. The third kappa shape index (κ3) is 6.34. The number of hydrogen-bond donors (Lipinski definition) is 0. The Morgan fingerprint density at radius 2 is 1.71 bits per heavy atom. The van der Waals surface area contributed by atoms with Crippen LogP contribution in [0.15, 0.2) is 5.16 Å². The van der Waals surface area contributed by atoms with E-state index in [1.54, 1.807) is 4.57 Å². The van der Waals surface area contributed by atoms with E-state index >= 15 is 0 Å². The van der Waals surface area contributed by atoms with Gasteiger partial charge in [0.1, 0.15) is 5.82 Å². The van der Waals surface area contributed by atoms with E-state index in [1.165, 1.54) is 25.7 Å². The molecular weight excluding hydrogens is 310 g/mol. The maximum absolute atomic E-state index is 11.5. The van der Waals surface area contributed by atoms with Crippen molar-refractivity contribution in [3.63, 3.8) is 0 Å². The van der Waals surface area contributed by atoms with E-state index in [4.69, 9.17) is 10.7 Å². The van der Waals surface area contributed by atoms with Crippen LogP contribution in [0.3, 0.4) is 0 Å². The number of unbranched alkanes of at least 4 members (excludes halogenated alkanes) is 5. The number of rotatable bonds is 10. The van der Waals surface area contributed by atoms with Gasteiger partial charge in [0.2, 0.25) is 0 Å². The fourth-order valence-corrected chi connectivity index (χ4v) is 3.22. The van der Waals surface area contributed by atoms with Crippen LogP contribution in [0.5, 0.6) is 0 Å². The zero-order valence-corrected chi connectivity index (χ0v) is 14.8. The molecule has 1 aromatic rings. The molecule has 122 valence electrons. The molecule has 0 saturated heterocycles. The van der Waals surface area contributed by atoms with Crippen LogP contribution in [-0.2, 0) is 22.0 Å². The van der Waals surface area contributed by atoms with Gasteiger partial charge in [-0.1, -0.05) is 52.9 Å². The molecule has 0 atom stereocenters. The van der Waals surface area contributed by atoms with Crippen molar-refractivity contribution in [2.75, 3.05) is 0 Å². The predicted octanol–water partition coefficient (Wildman–Crippen LogP) is 3.76. The molecule has 21 heavy (non-hydrogen) atoms. The van der Waals surface area contributed by atoms with E-state index in [9.17, 15) is 8.42 Å². The van der Waals surface area contributed by atoms with Crippen LogP contribution < -0.4 is 0 Å². The molecule has 0 N–H and O–H groups in total. The van der Waals surface area contributed by atoms with Crippen molar-refractivity contribution in [1.82, 2.24) is 14.8 Å². The summed E-state index contributed by atoms with van der Waals surface area (Å²) in [5.74, 6) is 1.03. The van der Waals surface area contributed by atoms with E-state index in [0.29, 0.717) is 12.5 Å². The average molecular weight is 336 g/mol. The van der Waals surface area contributed by atoms with Crippen molar-refractivity contribution >= 4 is 19.7 Å². The van der Waals surface area contributed by atoms with Crippen LogP contribution in [0.2, 0.25) is 0 Å². The third-order valence-corrected chi connectivity index (χ3v) is 4.47. The molecule has 0 spiro atoms. The molecular formula is C14H26ClN3O2S.